The molecule has 0 saturated carbocycles. The molecule has 2 aromatic rings. The van der Waals surface area contributed by atoms with Crippen molar-refractivity contribution in [2.24, 2.45) is 0 Å². The van der Waals surface area contributed by atoms with Crippen LogP contribution in [0, 0.1) is 0 Å². The predicted molar refractivity (Wildman–Crippen MR) is 118 cm³/mol. The maximum atomic E-state index is 13.2. The first-order chi connectivity index (χ1) is 13.5. The number of hydrogen-bond donors (Lipinski definition) is 2. The molecule has 2 aromatic carbocycles. The minimum atomic E-state index is -0.504. The van der Waals surface area contributed by atoms with Gasteiger partial charge in [-0.05, 0) is 49.1 Å². The van der Waals surface area contributed by atoms with Crippen molar-refractivity contribution in [2.75, 3.05) is 23.4 Å². The van der Waals surface area contributed by atoms with Crippen molar-refractivity contribution < 1.29 is 14.3 Å². The molecule has 0 saturated heterocycles. The Kier molecular flexibility index (Phi) is 8.05. The first-order valence-corrected chi connectivity index (χ1v) is 9.70. The van der Waals surface area contributed by atoms with Gasteiger partial charge in [-0.3, -0.25) is 15.0 Å². The van der Waals surface area contributed by atoms with Crippen LogP contribution in [0.3, 0.4) is 0 Å². The molecule has 0 fully saturated rings. The van der Waals surface area contributed by atoms with Gasteiger partial charge < -0.3 is 10.1 Å². The van der Waals surface area contributed by atoms with Gasteiger partial charge in [-0.2, -0.15) is 0 Å². The number of fused-ring (bicyclic) bond motifs is 2. The number of anilines is 3. The Bertz CT molecular complexity index is 870. The maximum Gasteiger partial charge on any atom is 0.411 e. The summed E-state index contributed by atoms with van der Waals surface area (Å²) in [4.78, 5) is 26.8. The van der Waals surface area contributed by atoms with E-state index in [1.54, 1.807) is 11.8 Å². The SMILES string of the molecule is CCOC(=O)Nc1ccc2c(c1)N(C(=O)CNC(C)C)c1ccccc1CC2.Cl. The van der Waals surface area contributed by atoms with Crippen molar-refractivity contribution in [2.45, 2.75) is 39.7 Å². The molecule has 29 heavy (non-hydrogen) atoms. The summed E-state index contributed by atoms with van der Waals surface area (Å²) in [5, 5.41) is 5.94. The van der Waals surface area contributed by atoms with E-state index in [1.165, 1.54) is 0 Å². The van der Waals surface area contributed by atoms with Crippen LogP contribution in [-0.4, -0.2) is 31.2 Å². The molecule has 1 aliphatic rings. The lowest BCUT2D eigenvalue weighted by molar-refractivity contribution is -0.117. The highest BCUT2D eigenvalue weighted by atomic mass is 35.5. The average Bonchev–Trinajstić information content (AvgIpc) is 2.83. The van der Waals surface area contributed by atoms with Crippen molar-refractivity contribution in [3.63, 3.8) is 0 Å². The van der Waals surface area contributed by atoms with Crippen LogP contribution >= 0.6 is 12.4 Å². The van der Waals surface area contributed by atoms with E-state index in [4.69, 9.17) is 4.74 Å². The Morgan fingerprint density at radius 3 is 2.45 bits per heavy atom. The minimum Gasteiger partial charge on any atom is -0.450 e. The van der Waals surface area contributed by atoms with Crippen LogP contribution in [0.1, 0.15) is 31.9 Å². The zero-order valence-electron chi connectivity index (χ0n) is 17.0. The lowest BCUT2D eigenvalue weighted by atomic mass is 10.0. The quantitative estimate of drug-likeness (QED) is 0.754. The largest absolute Gasteiger partial charge is 0.450 e. The van der Waals surface area contributed by atoms with Crippen molar-refractivity contribution in [1.82, 2.24) is 5.32 Å². The number of rotatable bonds is 5. The van der Waals surface area contributed by atoms with E-state index in [0.29, 0.717) is 12.3 Å². The van der Waals surface area contributed by atoms with Gasteiger partial charge in [0.1, 0.15) is 0 Å². The molecular weight excluding hydrogens is 390 g/mol. The zero-order valence-corrected chi connectivity index (χ0v) is 17.8. The van der Waals surface area contributed by atoms with E-state index >= 15 is 0 Å². The summed E-state index contributed by atoms with van der Waals surface area (Å²) < 4.78 is 4.97. The monoisotopic (exact) mass is 417 g/mol. The van der Waals surface area contributed by atoms with E-state index in [-0.39, 0.29) is 30.9 Å². The Morgan fingerprint density at radius 1 is 1.07 bits per heavy atom. The van der Waals surface area contributed by atoms with Gasteiger partial charge in [0, 0.05) is 11.7 Å². The molecule has 0 spiro atoms. The van der Waals surface area contributed by atoms with E-state index in [2.05, 4.69) is 16.7 Å². The van der Waals surface area contributed by atoms with Crippen molar-refractivity contribution >= 4 is 41.5 Å². The molecule has 0 atom stereocenters. The number of carbonyl (C=O) groups is 2. The number of hydrogen-bond acceptors (Lipinski definition) is 4. The first-order valence-electron chi connectivity index (χ1n) is 9.70. The number of carbonyl (C=O) groups excluding carboxylic acids is 2. The van der Waals surface area contributed by atoms with E-state index in [9.17, 15) is 9.59 Å². The van der Waals surface area contributed by atoms with Crippen LogP contribution in [0.4, 0.5) is 21.9 Å². The second-order valence-electron chi connectivity index (χ2n) is 7.08. The number of ether oxygens (including phenoxy) is 1. The number of aryl methyl sites for hydroxylation is 2. The summed E-state index contributed by atoms with van der Waals surface area (Å²) in [6.45, 7) is 6.32. The Balaban J connectivity index is 0.00000300. The van der Waals surface area contributed by atoms with Crippen LogP contribution in [0.5, 0.6) is 0 Å². The van der Waals surface area contributed by atoms with Crippen molar-refractivity contribution in [1.29, 1.82) is 0 Å². The van der Waals surface area contributed by atoms with Crippen molar-refractivity contribution in [3.05, 3.63) is 53.6 Å². The summed E-state index contributed by atoms with van der Waals surface area (Å²) in [5.41, 5.74) is 4.51. The fraction of sp³-hybridized carbons (Fsp3) is 0.364. The van der Waals surface area contributed by atoms with Crippen LogP contribution in [0.2, 0.25) is 0 Å². The molecule has 0 radical (unpaired) electrons. The normalized spacial score (nSPS) is 12.3. The van der Waals surface area contributed by atoms with Gasteiger partial charge in [0.15, 0.2) is 0 Å². The van der Waals surface area contributed by atoms with Gasteiger partial charge in [-0.15, -0.1) is 12.4 Å². The Morgan fingerprint density at radius 2 is 1.76 bits per heavy atom. The van der Waals surface area contributed by atoms with Crippen LogP contribution in [-0.2, 0) is 22.4 Å². The molecule has 0 aliphatic carbocycles. The average molecular weight is 418 g/mol. The summed E-state index contributed by atoms with van der Waals surface area (Å²) in [7, 11) is 0. The molecule has 2 amide bonds. The summed E-state index contributed by atoms with van der Waals surface area (Å²) >= 11 is 0. The number of nitrogens with one attached hydrogen (secondary N) is 2. The second kappa shape index (κ2) is 10.3. The third-order valence-corrected chi connectivity index (χ3v) is 4.66. The first kappa shape index (κ1) is 22.7. The topological polar surface area (TPSA) is 70.7 Å². The van der Waals surface area contributed by atoms with E-state index in [0.717, 1.165) is 35.3 Å². The molecule has 1 heterocycles. The molecule has 7 heteroatoms. The van der Waals surface area contributed by atoms with Crippen LogP contribution in [0.15, 0.2) is 42.5 Å². The molecular formula is C22H28ClN3O3. The summed E-state index contributed by atoms with van der Waals surface area (Å²) in [5.74, 6) is -0.0300. The number of nitrogens with zero attached hydrogens (tertiary/aromatic N) is 1. The van der Waals surface area contributed by atoms with Gasteiger partial charge in [0.25, 0.3) is 0 Å². The molecule has 0 aromatic heterocycles. The molecule has 3 rings (SSSR count). The van der Waals surface area contributed by atoms with Gasteiger partial charge in [-0.25, -0.2) is 4.79 Å². The molecule has 156 valence electrons. The Labute approximate surface area is 178 Å². The fourth-order valence-corrected chi connectivity index (χ4v) is 3.32. The molecule has 2 N–H and O–H groups in total. The third kappa shape index (κ3) is 5.49. The Hall–Kier alpha value is -2.57. The second-order valence-corrected chi connectivity index (χ2v) is 7.08. The smallest absolute Gasteiger partial charge is 0.411 e. The lowest BCUT2D eigenvalue weighted by Crippen LogP contribution is -2.38. The zero-order chi connectivity index (χ0) is 20.1. The van der Waals surface area contributed by atoms with E-state index in [1.807, 2.05) is 50.2 Å². The summed E-state index contributed by atoms with van der Waals surface area (Å²) in [6, 6.07) is 13.9. The maximum absolute atomic E-state index is 13.2. The highest BCUT2D eigenvalue weighted by Gasteiger charge is 2.26. The number of amides is 2. The van der Waals surface area contributed by atoms with Gasteiger partial charge in [0.2, 0.25) is 5.91 Å². The molecule has 0 unspecified atom stereocenters. The van der Waals surface area contributed by atoms with Gasteiger partial charge in [-0.1, -0.05) is 38.1 Å². The number of halogens is 1. The number of para-hydroxylation sites is 1. The molecule has 0 bridgehead atoms. The lowest BCUT2D eigenvalue weighted by Gasteiger charge is -2.26. The predicted octanol–water partition coefficient (Wildman–Crippen LogP) is 4.44. The third-order valence-electron chi connectivity index (χ3n) is 4.66. The standard InChI is InChI=1S/C22H27N3O3.ClH/c1-4-28-22(27)24-18-12-11-17-10-9-16-7-5-6-8-19(16)25(20(17)13-18)21(26)14-23-15(2)3;/h5-8,11-13,15,23H,4,9-10,14H2,1-3H3,(H,24,27);1H. The van der Waals surface area contributed by atoms with Gasteiger partial charge in [0.05, 0.1) is 24.5 Å². The fourth-order valence-electron chi connectivity index (χ4n) is 3.32. The van der Waals surface area contributed by atoms with Crippen LogP contribution < -0.4 is 15.5 Å². The summed E-state index contributed by atoms with van der Waals surface area (Å²) in [6.07, 6.45) is 1.18. The highest BCUT2D eigenvalue weighted by Crippen LogP contribution is 2.37. The minimum absolute atomic E-state index is 0. The number of benzene rings is 2. The molecule has 1 aliphatic heterocycles. The van der Waals surface area contributed by atoms with E-state index < -0.39 is 6.09 Å². The van der Waals surface area contributed by atoms with Crippen molar-refractivity contribution in [3.8, 4) is 0 Å². The van der Waals surface area contributed by atoms with Crippen LogP contribution in [0.25, 0.3) is 0 Å². The molecule has 6 nitrogen and oxygen atoms in total. The highest BCUT2D eigenvalue weighted by molar-refractivity contribution is 6.04. The van der Waals surface area contributed by atoms with Gasteiger partial charge >= 0.3 is 6.09 Å².